The third-order valence-electron chi connectivity index (χ3n) is 3.44. The largest absolute Gasteiger partial charge is 0.320 e. The average Bonchev–Trinajstić information content (AvgIpc) is 2.98. The molecule has 5 nitrogen and oxygen atoms in total. The fourth-order valence-corrected chi connectivity index (χ4v) is 2.41. The van der Waals surface area contributed by atoms with Crippen LogP contribution in [0.1, 0.15) is 31.7 Å². The lowest BCUT2D eigenvalue weighted by molar-refractivity contribution is -0.117. The number of rotatable bonds is 8. The molecule has 0 aliphatic heterocycles. The van der Waals surface area contributed by atoms with Gasteiger partial charge < -0.3 is 10.1 Å². The minimum atomic E-state index is -0.428. The van der Waals surface area contributed by atoms with Crippen LogP contribution < -0.4 is 5.32 Å². The van der Waals surface area contributed by atoms with E-state index < -0.39 is 5.82 Å². The van der Waals surface area contributed by atoms with E-state index in [1.807, 2.05) is 0 Å². The van der Waals surface area contributed by atoms with Crippen LogP contribution in [0.15, 0.2) is 36.7 Å². The molecule has 132 valence electrons. The lowest BCUT2D eigenvalue weighted by Crippen LogP contribution is -2.07. The molecule has 0 fully saturated rings. The molecule has 0 spiro atoms. The van der Waals surface area contributed by atoms with Gasteiger partial charge in [-0.3, -0.25) is 9.48 Å². The molecular formula is C18H19ClFN3O2. The van der Waals surface area contributed by atoms with Gasteiger partial charge in [-0.25, -0.2) is 4.39 Å². The zero-order chi connectivity index (χ0) is 18.2. The molecule has 1 heterocycles. The Balaban J connectivity index is 1.84. The van der Waals surface area contributed by atoms with Gasteiger partial charge in [0, 0.05) is 25.2 Å². The van der Waals surface area contributed by atoms with Gasteiger partial charge in [-0.15, -0.1) is 0 Å². The highest BCUT2D eigenvalue weighted by Crippen LogP contribution is 2.18. The van der Waals surface area contributed by atoms with Crippen LogP contribution in [0, 0.1) is 5.82 Å². The van der Waals surface area contributed by atoms with Gasteiger partial charge in [0.05, 0.1) is 16.9 Å². The molecule has 1 N–H and O–H groups in total. The van der Waals surface area contributed by atoms with E-state index in [2.05, 4.69) is 10.4 Å². The molecule has 0 atom stereocenters. The minimum absolute atomic E-state index is 0.182. The first-order valence-electron chi connectivity index (χ1n) is 7.90. The van der Waals surface area contributed by atoms with Gasteiger partial charge in [-0.1, -0.05) is 17.7 Å². The second kappa shape index (κ2) is 9.13. The number of nitrogens with zero attached hydrogens (tertiary/aromatic N) is 2. The monoisotopic (exact) mass is 363 g/mol. The Morgan fingerprint density at radius 2 is 2.16 bits per heavy atom. The molecule has 0 saturated heterocycles. The second-order valence-electron chi connectivity index (χ2n) is 5.64. The van der Waals surface area contributed by atoms with Crippen LogP contribution in [0.2, 0.25) is 5.02 Å². The highest BCUT2D eigenvalue weighted by Gasteiger charge is 2.03. The molecule has 2 rings (SSSR count). The average molecular weight is 364 g/mol. The van der Waals surface area contributed by atoms with Gasteiger partial charge in [-0.2, -0.15) is 5.10 Å². The van der Waals surface area contributed by atoms with Crippen LogP contribution in [-0.2, 0) is 16.1 Å². The van der Waals surface area contributed by atoms with Crippen LogP contribution in [-0.4, -0.2) is 21.5 Å². The van der Waals surface area contributed by atoms with Crippen molar-refractivity contribution >= 4 is 35.1 Å². The summed E-state index contributed by atoms with van der Waals surface area (Å²) >= 11 is 5.90. The molecule has 0 radical (unpaired) electrons. The molecule has 1 amide bonds. The van der Waals surface area contributed by atoms with E-state index in [-0.39, 0.29) is 16.7 Å². The van der Waals surface area contributed by atoms with E-state index in [1.54, 1.807) is 24.0 Å². The first-order chi connectivity index (χ1) is 11.9. The van der Waals surface area contributed by atoms with Crippen molar-refractivity contribution in [3.63, 3.8) is 0 Å². The lowest BCUT2D eigenvalue weighted by Gasteiger charge is -2.01. The van der Waals surface area contributed by atoms with Crippen LogP contribution in [0.4, 0.5) is 10.1 Å². The van der Waals surface area contributed by atoms with Crippen LogP contribution in [0.5, 0.6) is 0 Å². The SMILES string of the molecule is CC(=O)CCCCn1cc(NC(=O)C=Cc2ccc(F)cc2Cl)cn1. The predicted octanol–water partition coefficient (Wildman–Crippen LogP) is 4.09. The summed E-state index contributed by atoms with van der Waals surface area (Å²) in [5.41, 5.74) is 1.13. The first kappa shape index (κ1) is 18.9. The topological polar surface area (TPSA) is 64.0 Å². The van der Waals surface area contributed by atoms with Crippen molar-refractivity contribution in [1.29, 1.82) is 0 Å². The van der Waals surface area contributed by atoms with Crippen LogP contribution >= 0.6 is 11.6 Å². The van der Waals surface area contributed by atoms with Crippen molar-refractivity contribution in [2.75, 3.05) is 5.32 Å². The summed E-state index contributed by atoms with van der Waals surface area (Å²) in [6, 6.07) is 3.97. The summed E-state index contributed by atoms with van der Waals surface area (Å²) in [4.78, 5) is 22.8. The van der Waals surface area contributed by atoms with E-state index in [1.165, 1.54) is 30.4 Å². The predicted molar refractivity (Wildman–Crippen MR) is 95.8 cm³/mol. The van der Waals surface area contributed by atoms with E-state index >= 15 is 0 Å². The number of carbonyl (C=O) groups is 2. The lowest BCUT2D eigenvalue weighted by atomic mass is 10.2. The number of ketones is 1. The smallest absolute Gasteiger partial charge is 0.248 e. The van der Waals surface area contributed by atoms with Crippen molar-refractivity contribution < 1.29 is 14.0 Å². The number of aryl methyl sites for hydroxylation is 1. The molecule has 1 aromatic carbocycles. The fourth-order valence-electron chi connectivity index (χ4n) is 2.18. The van der Waals surface area contributed by atoms with Crippen LogP contribution in [0.3, 0.4) is 0 Å². The summed E-state index contributed by atoms with van der Waals surface area (Å²) in [6.45, 7) is 2.26. The van der Waals surface area contributed by atoms with Gasteiger partial charge in [0.1, 0.15) is 11.6 Å². The number of hydrogen-bond acceptors (Lipinski definition) is 3. The van der Waals surface area contributed by atoms with Crippen molar-refractivity contribution in [2.24, 2.45) is 0 Å². The highest BCUT2D eigenvalue weighted by atomic mass is 35.5. The number of amides is 1. The Labute approximate surface area is 150 Å². The second-order valence-corrected chi connectivity index (χ2v) is 6.05. The van der Waals surface area contributed by atoms with Crippen molar-refractivity contribution in [2.45, 2.75) is 32.7 Å². The molecule has 0 aliphatic carbocycles. The standard InChI is InChI=1S/C18H19ClFN3O2/c1-13(24)4-2-3-9-23-12-16(11-21-23)22-18(25)8-6-14-5-7-15(20)10-17(14)19/h5-8,10-12H,2-4,9H2,1H3,(H,22,25). The van der Waals surface area contributed by atoms with E-state index in [0.717, 1.165) is 12.8 Å². The van der Waals surface area contributed by atoms with Crippen molar-refractivity contribution in [1.82, 2.24) is 9.78 Å². The third kappa shape index (κ3) is 6.51. The zero-order valence-electron chi connectivity index (χ0n) is 13.8. The molecule has 0 aliphatic rings. The Hall–Kier alpha value is -2.47. The van der Waals surface area contributed by atoms with Crippen molar-refractivity contribution in [3.8, 4) is 0 Å². The quantitative estimate of drug-likeness (QED) is 0.567. The Morgan fingerprint density at radius 1 is 1.36 bits per heavy atom. The van der Waals surface area contributed by atoms with Gasteiger partial charge in [0.2, 0.25) is 5.91 Å². The zero-order valence-corrected chi connectivity index (χ0v) is 14.6. The van der Waals surface area contributed by atoms with Gasteiger partial charge in [0.15, 0.2) is 0 Å². The highest BCUT2D eigenvalue weighted by molar-refractivity contribution is 6.32. The molecule has 0 saturated carbocycles. The number of hydrogen-bond donors (Lipinski definition) is 1. The maximum absolute atomic E-state index is 13.0. The number of benzene rings is 1. The molecule has 0 bridgehead atoms. The maximum Gasteiger partial charge on any atom is 0.248 e. The summed E-state index contributed by atoms with van der Waals surface area (Å²) in [5.74, 6) is -0.583. The van der Waals surface area contributed by atoms with E-state index in [9.17, 15) is 14.0 Å². The fraction of sp³-hybridized carbons (Fsp3) is 0.278. The van der Waals surface area contributed by atoms with Gasteiger partial charge in [0.25, 0.3) is 0 Å². The summed E-state index contributed by atoms with van der Waals surface area (Å²) < 4.78 is 14.7. The van der Waals surface area contributed by atoms with Crippen LogP contribution in [0.25, 0.3) is 6.08 Å². The van der Waals surface area contributed by atoms with E-state index in [4.69, 9.17) is 11.6 Å². The molecule has 2 aromatic rings. The normalized spacial score (nSPS) is 11.0. The van der Waals surface area contributed by atoms with Gasteiger partial charge >= 0.3 is 0 Å². The third-order valence-corrected chi connectivity index (χ3v) is 3.77. The van der Waals surface area contributed by atoms with Gasteiger partial charge in [-0.05, 0) is 43.5 Å². The number of Topliss-reactive ketones (excluding diaryl/α,β-unsaturated/α-hetero) is 1. The molecule has 1 aromatic heterocycles. The Kier molecular flexibility index (Phi) is 6.89. The summed E-state index contributed by atoms with van der Waals surface area (Å²) in [6.07, 6.45) is 8.36. The number of unbranched alkanes of at least 4 members (excludes halogenated alkanes) is 1. The Bertz CT molecular complexity index is 786. The molecular weight excluding hydrogens is 345 g/mol. The molecule has 7 heteroatoms. The summed E-state index contributed by atoms with van der Waals surface area (Å²) in [7, 11) is 0. The number of nitrogens with one attached hydrogen (secondary N) is 1. The van der Waals surface area contributed by atoms with E-state index in [0.29, 0.717) is 24.2 Å². The molecule has 25 heavy (non-hydrogen) atoms. The minimum Gasteiger partial charge on any atom is -0.320 e. The maximum atomic E-state index is 13.0. The first-order valence-corrected chi connectivity index (χ1v) is 8.28. The number of aromatic nitrogens is 2. The number of anilines is 1. The van der Waals surface area contributed by atoms with Crippen molar-refractivity contribution in [3.05, 3.63) is 53.1 Å². The molecule has 0 unspecified atom stereocenters. The summed E-state index contributed by atoms with van der Waals surface area (Å²) in [5, 5.41) is 7.09. The number of carbonyl (C=O) groups excluding carboxylic acids is 2. The number of halogens is 2. The Morgan fingerprint density at radius 3 is 2.88 bits per heavy atom.